The van der Waals surface area contributed by atoms with Crippen molar-refractivity contribution in [1.82, 2.24) is 10.2 Å². The van der Waals surface area contributed by atoms with Crippen LogP contribution in [0.25, 0.3) is 0 Å². The van der Waals surface area contributed by atoms with Crippen LogP contribution in [0, 0.1) is 13.8 Å². The number of nitrogens with one attached hydrogen (secondary N) is 1. The molecule has 0 aliphatic rings. The van der Waals surface area contributed by atoms with Gasteiger partial charge in [-0.3, -0.25) is 9.59 Å². The fourth-order valence-corrected chi connectivity index (χ4v) is 3.24. The Balaban J connectivity index is 2.21. The van der Waals surface area contributed by atoms with Gasteiger partial charge in [-0.25, -0.2) is 0 Å². The first-order valence-electron chi connectivity index (χ1n) is 10.1. The highest BCUT2D eigenvalue weighted by atomic mass is 35.5. The number of benzene rings is 2. The molecule has 2 rings (SSSR count). The highest BCUT2D eigenvalue weighted by molar-refractivity contribution is 6.42. The van der Waals surface area contributed by atoms with Gasteiger partial charge in [-0.1, -0.05) is 35.3 Å². The second kappa shape index (κ2) is 10.4. The lowest BCUT2D eigenvalue weighted by Gasteiger charge is -2.31. The van der Waals surface area contributed by atoms with Gasteiger partial charge in [0.15, 0.2) is 6.61 Å². The number of carbonyl (C=O) groups excluding carboxylic acids is 2. The number of nitrogens with zero attached hydrogens (tertiary/aromatic N) is 1. The van der Waals surface area contributed by atoms with Crippen molar-refractivity contribution in [2.24, 2.45) is 0 Å². The van der Waals surface area contributed by atoms with Gasteiger partial charge < -0.3 is 15.0 Å². The lowest BCUT2D eigenvalue weighted by atomic mass is 10.1. The Kier molecular flexibility index (Phi) is 8.38. The van der Waals surface area contributed by atoms with Crippen molar-refractivity contribution in [2.75, 3.05) is 6.61 Å². The van der Waals surface area contributed by atoms with Crippen LogP contribution < -0.4 is 10.1 Å². The lowest BCUT2D eigenvalue weighted by Crippen LogP contribution is -2.53. The van der Waals surface area contributed by atoms with E-state index in [-0.39, 0.29) is 25.0 Å². The summed E-state index contributed by atoms with van der Waals surface area (Å²) >= 11 is 12.1. The van der Waals surface area contributed by atoms with Crippen molar-refractivity contribution in [2.45, 2.75) is 59.7 Å². The molecule has 0 saturated heterocycles. The fraction of sp³-hybridized carbons (Fsp3) is 0.417. The standard InChI is InChI=1S/C24H30Cl2N2O3/c1-15-7-9-19(11-16(15)2)31-14-22(29)28(17(3)23(30)27-24(4,5)6)13-18-8-10-20(25)21(26)12-18/h7-12,17H,13-14H2,1-6H3,(H,27,30)/t17-/m1/s1. The summed E-state index contributed by atoms with van der Waals surface area (Å²) in [6, 6.07) is 10.1. The van der Waals surface area contributed by atoms with E-state index in [0.717, 1.165) is 16.7 Å². The summed E-state index contributed by atoms with van der Waals surface area (Å²) in [5.41, 5.74) is 2.58. The molecular weight excluding hydrogens is 435 g/mol. The zero-order chi connectivity index (χ0) is 23.3. The Morgan fingerprint density at radius 3 is 2.29 bits per heavy atom. The van der Waals surface area contributed by atoms with Gasteiger partial charge in [0.1, 0.15) is 11.8 Å². The second-order valence-electron chi connectivity index (χ2n) is 8.72. The van der Waals surface area contributed by atoms with Gasteiger partial charge in [0.05, 0.1) is 10.0 Å². The van der Waals surface area contributed by atoms with Crippen LogP contribution in [0.15, 0.2) is 36.4 Å². The molecule has 168 valence electrons. The molecule has 31 heavy (non-hydrogen) atoms. The molecule has 2 aromatic rings. The average molecular weight is 465 g/mol. The lowest BCUT2D eigenvalue weighted by molar-refractivity contribution is -0.142. The van der Waals surface area contributed by atoms with E-state index in [0.29, 0.717) is 15.8 Å². The van der Waals surface area contributed by atoms with E-state index in [2.05, 4.69) is 5.32 Å². The minimum Gasteiger partial charge on any atom is -0.484 e. The molecule has 0 bridgehead atoms. The van der Waals surface area contributed by atoms with Gasteiger partial charge in [0, 0.05) is 12.1 Å². The van der Waals surface area contributed by atoms with Gasteiger partial charge in [0.2, 0.25) is 5.91 Å². The van der Waals surface area contributed by atoms with Crippen molar-refractivity contribution < 1.29 is 14.3 Å². The summed E-state index contributed by atoms with van der Waals surface area (Å²) in [7, 11) is 0. The van der Waals surface area contributed by atoms with Crippen LogP contribution in [0.4, 0.5) is 0 Å². The molecular formula is C24H30Cl2N2O3. The van der Waals surface area contributed by atoms with E-state index in [1.54, 1.807) is 25.1 Å². The normalized spacial score (nSPS) is 12.3. The molecule has 0 radical (unpaired) electrons. The van der Waals surface area contributed by atoms with Crippen molar-refractivity contribution >= 4 is 35.0 Å². The molecule has 0 unspecified atom stereocenters. The first kappa shape index (κ1) is 25.0. The molecule has 2 amide bonds. The summed E-state index contributed by atoms with van der Waals surface area (Å²) in [6.07, 6.45) is 0. The van der Waals surface area contributed by atoms with Crippen LogP contribution in [-0.4, -0.2) is 34.9 Å². The zero-order valence-corrected chi connectivity index (χ0v) is 20.4. The van der Waals surface area contributed by atoms with E-state index in [1.165, 1.54) is 4.90 Å². The van der Waals surface area contributed by atoms with Crippen LogP contribution >= 0.6 is 23.2 Å². The number of amides is 2. The molecule has 1 atom stereocenters. The van der Waals surface area contributed by atoms with Gasteiger partial charge >= 0.3 is 0 Å². The number of carbonyl (C=O) groups is 2. The van der Waals surface area contributed by atoms with Crippen molar-refractivity contribution in [3.8, 4) is 5.75 Å². The van der Waals surface area contributed by atoms with E-state index in [9.17, 15) is 9.59 Å². The monoisotopic (exact) mass is 464 g/mol. The second-order valence-corrected chi connectivity index (χ2v) is 9.53. The Morgan fingerprint density at radius 2 is 1.71 bits per heavy atom. The quantitative estimate of drug-likeness (QED) is 0.602. The third-order valence-corrected chi connectivity index (χ3v) is 5.58. The average Bonchev–Trinajstić information content (AvgIpc) is 2.67. The van der Waals surface area contributed by atoms with E-state index in [4.69, 9.17) is 27.9 Å². The topological polar surface area (TPSA) is 58.6 Å². The largest absolute Gasteiger partial charge is 0.484 e. The van der Waals surface area contributed by atoms with Crippen molar-refractivity contribution in [3.05, 3.63) is 63.1 Å². The predicted octanol–water partition coefficient (Wildman–Crippen LogP) is 5.32. The van der Waals surface area contributed by atoms with Gasteiger partial charge in [-0.05, 0) is 82.5 Å². The summed E-state index contributed by atoms with van der Waals surface area (Å²) in [5.74, 6) is 0.0608. The molecule has 2 aromatic carbocycles. The van der Waals surface area contributed by atoms with Crippen LogP contribution in [0.3, 0.4) is 0 Å². The number of ether oxygens (including phenoxy) is 1. The summed E-state index contributed by atoms with van der Waals surface area (Å²) in [6.45, 7) is 11.4. The minimum absolute atomic E-state index is 0.184. The van der Waals surface area contributed by atoms with Crippen LogP contribution in [0.5, 0.6) is 5.75 Å². The van der Waals surface area contributed by atoms with E-state index >= 15 is 0 Å². The number of hydrogen-bond donors (Lipinski definition) is 1. The maximum atomic E-state index is 13.1. The van der Waals surface area contributed by atoms with Crippen LogP contribution in [-0.2, 0) is 16.1 Å². The minimum atomic E-state index is -0.704. The van der Waals surface area contributed by atoms with Crippen LogP contribution in [0.1, 0.15) is 44.4 Å². The summed E-state index contributed by atoms with van der Waals surface area (Å²) in [4.78, 5) is 27.4. The number of halogens is 2. The smallest absolute Gasteiger partial charge is 0.261 e. The molecule has 1 N–H and O–H groups in total. The van der Waals surface area contributed by atoms with Gasteiger partial charge in [0.25, 0.3) is 5.91 Å². The Labute approximate surface area is 194 Å². The zero-order valence-electron chi connectivity index (χ0n) is 18.9. The van der Waals surface area contributed by atoms with Crippen molar-refractivity contribution in [3.63, 3.8) is 0 Å². The molecule has 0 aromatic heterocycles. The molecule has 5 nitrogen and oxygen atoms in total. The third-order valence-electron chi connectivity index (χ3n) is 4.84. The third kappa shape index (κ3) is 7.44. The Hall–Kier alpha value is -2.24. The highest BCUT2D eigenvalue weighted by Crippen LogP contribution is 2.24. The summed E-state index contributed by atoms with van der Waals surface area (Å²) in [5, 5.41) is 3.75. The maximum Gasteiger partial charge on any atom is 0.261 e. The molecule has 0 aliphatic carbocycles. The van der Waals surface area contributed by atoms with E-state index < -0.39 is 11.6 Å². The summed E-state index contributed by atoms with van der Waals surface area (Å²) < 4.78 is 5.73. The highest BCUT2D eigenvalue weighted by Gasteiger charge is 2.28. The van der Waals surface area contributed by atoms with Crippen LogP contribution in [0.2, 0.25) is 10.0 Å². The van der Waals surface area contributed by atoms with Crippen molar-refractivity contribution in [1.29, 1.82) is 0 Å². The molecule has 0 heterocycles. The molecule has 0 saturated carbocycles. The molecule has 0 spiro atoms. The number of aryl methyl sites for hydroxylation is 2. The molecule has 7 heteroatoms. The SMILES string of the molecule is Cc1ccc(OCC(=O)N(Cc2ccc(Cl)c(Cl)c2)[C@H](C)C(=O)NC(C)(C)C)cc1C. The van der Waals surface area contributed by atoms with Gasteiger partial charge in [-0.15, -0.1) is 0 Å². The molecule has 0 fully saturated rings. The van der Waals surface area contributed by atoms with Gasteiger partial charge in [-0.2, -0.15) is 0 Å². The first-order chi connectivity index (χ1) is 14.4. The Morgan fingerprint density at radius 1 is 1.03 bits per heavy atom. The fourth-order valence-electron chi connectivity index (χ4n) is 2.92. The molecule has 0 aliphatic heterocycles. The van der Waals surface area contributed by atoms with E-state index in [1.807, 2.05) is 52.8 Å². The number of hydrogen-bond acceptors (Lipinski definition) is 3. The first-order valence-corrected chi connectivity index (χ1v) is 10.9. The maximum absolute atomic E-state index is 13.1. The number of rotatable bonds is 7. The Bertz CT molecular complexity index is 954. The predicted molar refractivity (Wildman–Crippen MR) is 126 cm³/mol.